The first-order valence-corrected chi connectivity index (χ1v) is 8.39. The van der Waals surface area contributed by atoms with Crippen LogP contribution in [0.2, 0.25) is 10.0 Å². The normalized spacial score (nSPS) is 18.1. The molecule has 3 nitrogen and oxygen atoms in total. The SMILES string of the molecule is O=C1CCC(O)CN1Cc1ccc(F)c(-c2ccc(Cl)c(Cl)c2)c1. The van der Waals surface area contributed by atoms with E-state index in [0.29, 0.717) is 47.1 Å². The molecule has 24 heavy (non-hydrogen) atoms. The number of likely N-dealkylation sites (tertiary alicyclic amines) is 1. The second-order valence-electron chi connectivity index (χ2n) is 5.91. The predicted molar refractivity (Wildman–Crippen MR) is 92.5 cm³/mol. The van der Waals surface area contributed by atoms with Crippen molar-refractivity contribution in [2.45, 2.75) is 25.5 Å². The Morgan fingerprint density at radius 1 is 1.17 bits per heavy atom. The molecule has 0 radical (unpaired) electrons. The molecule has 3 rings (SSSR count). The van der Waals surface area contributed by atoms with Crippen molar-refractivity contribution in [2.75, 3.05) is 6.54 Å². The number of halogens is 3. The van der Waals surface area contributed by atoms with Crippen LogP contribution in [-0.4, -0.2) is 28.6 Å². The topological polar surface area (TPSA) is 40.5 Å². The molecule has 1 unspecified atom stereocenters. The number of nitrogens with zero attached hydrogens (tertiary/aromatic N) is 1. The molecule has 2 aromatic rings. The fourth-order valence-electron chi connectivity index (χ4n) is 2.82. The van der Waals surface area contributed by atoms with Crippen LogP contribution in [0.3, 0.4) is 0 Å². The molecular weight excluding hydrogens is 352 g/mol. The van der Waals surface area contributed by atoms with Crippen molar-refractivity contribution in [3.05, 3.63) is 57.8 Å². The maximum absolute atomic E-state index is 14.2. The van der Waals surface area contributed by atoms with Gasteiger partial charge in [-0.2, -0.15) is 0 Å². The zero-order valence-electron chi connectivity index (χ0n) is 12.8. The number of hydrogen-bond acceptors (Lipinski definition) is 2. The van der Waals surface area contributed by atoms with Gasteiger partial charge in [-0.3, -0.25) is 4.79 Å². The Kier molecular flexibility index (Phi) is 5.09. The first kappa shape index (κ1) is 17.2. The second kappa shape index (κ2) is 7.09. The molecule has 1 saturated heterocycles. The lowest BCUT2D eigenvalue weighted by atomic mass is 10.0. The van der Waals surface area contributed by atoms with Gasteiger partial charge in [0.25, 0.3) is 0 Å². The zero-order valence-corrected chi connectivity index (χ0v) is 14.3. The average Bonchev–Trinajstić information content (AvgIpc) is 2.55. The lowest BCUT2D eigenvalue weighted by Gasteiger charge is -2.30. The van der Waals surface area contributed by atoms with Gasteiger partial charge < -0.3 is 10.0 Å². The van der Waals surface area contributed by atoms with Gasteiger partial charge in [0, 0.05) is 25.1 Å². The third kappa shape index (κ3) is 3.72. The molecule has 1 aliphatic rings. The molecule has 1 atom stereocenters. The van der Waals surface area contributed by atoms with Crippen LogP contribution in [0, 0.1) is 5.82 Å². The standard InChI is InChI=1S/C18H16Cl2FNO2/c19-15-4-2-12(8-16(15)20)14-7-11(1-5-17(14)21)9-22-10-13(23)3-6-18(22)24/h1-2,4-5,7-8,13,23H,3,6,9-10H2. The summed E-state index contributed by atoms with van der Waals surface area (Å²) in [6.45, 7) is 0.642. The third-order valence-electron chi connectivity index (χ3n) is 4.11. The summed E-state index contributed by atoms with van der Waals surface area (Å²) in [6, 6.07) is 9.65. The minimum absolute atomic E-state index is 0.000660. The van der Waals surface area contributed by atoms with Gasteiger partial charge in [-0.15, -0.1) is 0 Å². The summed E-state index contributed by atoms with van der Waals surface area (Å²) in [4.78, 5) is 13.6. The van der Waals surface area contributed by atoms with E-state index in [2.05, 4.69) is 0 Å². The van der Waals surface area contributed by atoms with Crippen molar-refractivity contribution < 1.29 is 14.3 Å². The van der Waals surface area contributed by atoms with Crippen LogP contribution in [0.5, 0.6) is 0 Å². The van der Waals surface area contributed by atoms with E-state index in [4.69, 9.17) is 23.2 Å². The Morgan fingerprint density at radius 3 is 2.71 bits per heavy atom. The number of rotatable bonds is 3. The molecule has 1 fully saturated rings. The van der Waals surface area contributed by atoms with E-state index in [-0.39, 0.29) is 11.7 Å². The van der Waals surface area contributed by atoms with Crippen molar-refractivity contribution in [3.63, 3.8) is 0 Å². The van der Waals surface area contributed by atoms with Crippen molar-refractivity contribution in [1.82, 2.24) is 4.90 Å². The largest absolute Gasteiger partial charge is 0.391 e. The molecule has 126 valence electrons. The van der Waals surface area contributed by atoms with E-state index in [1.807, 2.05) is 0 Å². The minimum Gasteiger partial charge on any atom is -0.391 e. The van der Waals surface area contributed by atoms with Crippen LogP contribution >= 0.6 is 23.2 Å². The first-order chi connectivity index (χ1) is 11.4. The molecule has 1 aliphatic heterocycles. The molecule has 2 aromatic carbocycles. The van der Waals surface area contributed by atoms with E-state index < -0.39 is 6.10 Å². The van der Waals surface area contributed by atoms with Crippen molar-refractivity contribution >= 4 is 29.1 Å². The van der Waals surface area contributed by atoms with Crippen molar-refractivity contribution in [1.29, 1.82) is 0 Å². The number of carbonyl (C=O) groups excluding carboxylic acids is 1. The summed E-state index contributed by atoms with van der Waals surface area (Å²) in [5.41, 5.74) is 1.81. The molecule has 0 saturated carbocycles. The van der Waals surface area contributed by atoms with Crippen LogP contribution < -0.4 is 0 Å². The molecule has 1 heterocycles. The fourth-order valence-corrected chi connectivity index (χ4v) is 3.12. The van der Waals surface area contributed by atoms with Crippen molar-refractivity contribution in [2.24, 2.45) is 0 Å². The molecule has 0 bridgehead atoms. The molecule has 1 amide bonds. The third-order valence-corrected chi connectivity index (χ3v) is 4.85. The van der Waals surface area contributed by atoms with Crippen LogP contribution in [0.4, 0.5) is 4.39 Å². The highest BCUT2D eigenvalue weighted by molar-refractivity contribution is 6.42. The number of aliphatic hydroxyl groups excluding tert-OH is 1. The van der Waals surface area contributed by atoms with Gasteiger partial charge >= 0.3 is 0 Å². The molecule has 1 N–H and O–H groups in total. The van der Waals surface area contributed by atoms with Crippen LogP contribution in [-0.2, 0) is 11.3 Å². The molecule has 0 spiro atoms. The van der Waals surface area contributed by atoms with Gasteiger partial charge in [-0.05, 0) is 41.8 Å². The van der Waals surface area contributed by atoms with E-state index >= 15 is 0 Å². The number of benzene rings is 2. The second-order valence-corrected chi connectivity index (χ2v) is 6.72. The van der Waals surface area contributed by atoms with Gasteiger partial charge in [0.15, 0.2) is 0 Å². The summed E-state index contributed by atoms with van der Waals surface area (Å²) >= 11 is 11.9. The quantitative estimate of drug-likeness (QED) is 0.879. The molecule has 6 heteroatoms. The van der Waals surface area contributed by atoms with E-state index in [9.17, 15) is 14.3 Å². The summed E-state index contributed by atoms with van der Waals surface area (Å²) in [7, 11) is 0. The number of amides is 1. The van der Waals surface area contributed by atoms with Crippen LogP contribution in [0.1, 0.15) is 18.4 Å². The Hall–Kier alpha value is -1.62. The van der Waals surface area contributed by atoms with E-state index in [1.165, 1.54) is 6.07 Å². The summed E-state index contributed by atoms with van der Waals surface area (Å²) < 4.78 is 14.2. The summed E-state index contributed by atoms with van der Waals surface area (Å²) in [5.74, 6) is -0.372. The van der Waals surface area contributed by atoms with Gasteiger partial charge in [0.1, 0.15) is 5.82 Å². The number of β-amino-alcohol motifs (C(OH)–C–C–N with tert-alkyl or cyclic N) is 1. The highest BCUT2D eigenvalue weighted by Gasteiger charge is 2.24. The molecule has 0 aliphatic carbocycles. The fraction of sp³-hybridized carbons (Fsp3) is 0.278. The van der Waals surface area contributed by atoms with Gasteiger partial charge in [0.05, 0.1) is 16.1 Å². The Bertz CT molecular complexity index is 782. The smallest absolute Gasteiger partial charge is 0.223 e. The summed E-state index contributed by atoms with van der Waals surface area (Å²) in [6.07, 6.45) is 0.327. The lowest BCUT2D eigenvalue weighted by Crippen LogP contribution is -2.41. The molecule has 0 aromatic heterocycles. The number of piperidine rings is 1. The maximum atomic E-state index is 14.2. The minimum atomic E-state index is -0.502. The van der Waals surface area contributed by atoms with Crippen LogP contribution in [0.25, 0.3) is 11.1 Å². The number of carbonyl (C=O) groups is 1. The highest BCUT2D eigenvalue weighted by Crippen LogP contribution is 2.31. The zero-order chi connectivity index (χ0) is 17.3. The van der Waals surface area contributed by atoms with Gasteiger partial charge in [-0.25, -0.2) is 4.39 Å². The first-order valence-electron chi connectivity index (χ1n) is 7.64. The Morgan fingerprint density at radius 2 is 1.96 bits per heavy atom. The Balaban J connectivity index is 1.88. The predicted octanol–water partition coefficient (Wildman–Crippen LogP) is 4.28. The Labute approximate surface area is 149 Å². The number of hydrogen-bond donors (Lipinski definition) is 1. The van der Waals surface area contributed by atoms with Crippen LogP contribution in [0.15, 0.2) is 36.4 Å². The lowest BCUT2D eigenvalue weighted by molar-refractivity contribution is -0.137. The number of aliphatic hydroxyl groups is 1. The van der Waals surface area contributed by atoms with Gasteiger partial charge in [0.2, 0.25) is 5.91 Å². The van der Waals surface area contributed by atoms with E-state index in [0.717, 1.165) is 5.56 Å². The average molecular weight is 368 g/mol. The monoisotopic (exact) mass is 367 g/mol. The van der Waals surface area contributed by atoms with E-state index in [1.54, 1.807) is 35.2 Å². The molecular formula is C18H16Cl2FNO2. The van der Waals surface area contributed by atoms with Crippen molar-refractivity contribution in [3.8, 4) is 11.1 Å². The summed E-state index contributed by atoms with van der Waals surface area (Å²) in [5, 5.41) is 10.5. The van der Waals surface area contributed by atoms with Gasteiger partial charge in [-0.1, -0.05) is 35.3 Å². The maximum Gasteiger partial charge on any atom is 0.223 e. The highest BCUT2D eigenvalue weighted by atomic mass is 35.5.